The van der Waals surface area contributed by atoms with Gasteiger partial charge in [-0.15, -0.1) is 0 Å². The third-order valence-electron chi connectivity index (χ3n) is 4.52. The minimum atomic E-state index is -4.10. The highest BCUT2D eigenvalue weighted by atomic mass is 79.9. The van der Waals surface area contributed by atoms with E-state index in [4.69, 9.17) is 4.74 Å². The van der Waals surface area contributed by atoms with Gasteiger partial charge in [-0.25, -0.2) is 8.42 Å². The zero-order valence-electron chi connectivity index (χ0n) is 17.9. The van der Waals surface area contributed by atoms with Gasteiger partial charge >= 0.3 is 0 Å². The van der Waals surface area contributed by atoms with Crippen LogP contribution in [0, 0.1) is 0 Å². The number of nitrogens with one attached hydrogen (secondary N) is 2. The number of anilines is 3. The molecule has 3 aromatic carbocycles. The Hall–Kier alpha value is -3.37. The molecule has 3 aromatic rings. The van der Waals surface area contributed by atoms with E-state index in [2.05, 4.69) is 26.6 Å². The summed E-state index contributed by atoms with van der Waals surface area (Å²) < 4.78 is 33.9. The molecule has 0 aliphatic heterocycles. The number of rotatable bonds is 8. The van der Waals surface area contributed by atoms with E-state index in [0.717, 1.165) is 8.78 Å². The van der Waals surface area contributed by atoms with E-state index >= 15 is 0 Å². The number of methoxy groups -OCH3 is 1. The van der Waals surface area contributed by atoms with Gasteiger partial charge < -0.3 is 15.4 Å². The lowest BCUT2D eigenvalue weighted by molar-refractivity contribution is -0.115. The Balaban J connectivity index is 1.93. The second-order valence-corrected chi connectivity index (χ2v) is 9.75. The van der Waals surface area contributed by atoms with Gasteiger partial charge in [0.15, 0.2) is 0 Å². The fourth-order valence-corrected chi connectivity index (χ4v) is 4.82. The van der Waals surface area contributed by atoms with Crippen molar-refractivity contribution in [3.8, 4) is 5.75 Å². The number of hydrogen-bond donors (Lipinski definition) is 2. The Morgan fingerprint density at radius 3 is 2.18 bits per heavy atom. The molecule has 0 atom stereocenters. The van der Waals surface area contributed by atoms with E-state index in [1.807, 2.05) is 6.07 Å². The van der Waals surface area contributed by atoms with E-state index in [1.54, 1.807) is 42.5 Å². The molecular weight excluding hydrogens is 510 g/mol. The lowest BCUT2D eigenvalue weighted by atomic mass is 10.3. The summed E-state index contributed by atoms with van der Waals surface area (Å²) in [5.41, 5.74) is 1.29. The lowest BCUT2D eigenvalue weighted by Gasteiger charge is -2.24. The molecule has 0 aromatic heterocycles. The number of nitrogens with zero attached hydrogens (tertiary/aromatic N) is 1. The van der Waals surface area contributed by atoms with Crippen LogP contribution in [0.2, 0.25) is 0 Å². The highest BCUT2D eigenvalue weighted by Gasteiger charge is 2.27. The topological polar surface area (TPSA) is 105 Å². The maximum Gasteiger partial charge on any atom is 0.264 e. The predicted octanol–water partition coefficient (Wildman–Crippen LogP) is 4.25. The molecule has 3 rings (SSSR count). The summed E-state index contributed by atoms with van der Waals surface area (Å²) in [6.45, 7) is 0.911. The summed E-state index contributed by atoms with van der Waals surface area (Å²) in [5.74, 6) is -0.230. The van der Waals surface area contributed by atoms with Gasteiger partial charge in [0.1, 0.15) is 12.3 Å². The van der Waals surface area contributed by atoms with Crippen LogP contribution < -0.4 is 19.7 Å². The molecule has 2 amide bonds. The van der Waals surface area contributed by atoms with Crippen LogP contribution in [0.3, 0.4) is 0 Å². The second-order valence-electron chi connectivity index (χ2n) is 6.97. The molecule has 0 aliphatic carbocycles. The monoisotopic (exact) mass is 531 g/mol. The van der Waals surface area contributed by atoms with Crippen molar-refractivity contribution >= 4 is 54.8 Å². The molecule has 10 heteroatoms. The summed E-state index contributed by atoms with van der Waals surface area (Å²) in [6.07, 6.45) is 0. The summed E-state index contributed by atoms with van der Waals surface area (Å²) in [4.78, 5) is 24.0. The molecule has 0 heterocycles. The first-order chi connectivity index (χ1) is 15.7. The van der Waals surface area contributed by atoms with E-state index in [0.29, 0.717) is 22.8 Å². The second kappa shape index (κ2) is 10.5. The lowest BCUT2D eigenvalue weighted by Crippen LogP contribution is -2.38. The number of carbonyl (C=O) groups excluding carboxylic acids is 2. The van der Waals surface area contributed by atoms with Crippen LogP contribution in [0.25, 0.3) is 0 Å². The van der Waals surface area contributed by atoms with Crippen LogP contribution in [0.15, 0.2) is 82.2 Å². The quantitative estimate of drug-likeness (QED) is 0.452. The number of hydrogen-bond acceptors (Lipinski definition) is 5. The van der Waals surface area contributed by atoms with Gasteiger partial charge in [0.05, 0.1) is 17.7 Å². The molecule has 0 fully saturated rings. The Kier molecular flexibility index (Phi) is 7.72. The van der Waals surface area contributed by atoms with Crippen molar-refractivity contribution in [2.24, 2.45) is 0 Å². The van der Waals surface area contributed by atoms with E-state index in [-0.39, 0.29) is 10.8 Å². The Bertz CT molecular complexity index is 1250. The van der Waals surface area contributed by atoms with Gasteiger partial charge in [-0.3, -0.25) is 13.9 Å². The van der Waals surface area contributed by atoms with Crippen molar-refractivity contribution in [3.63, 3.8) is 0 Å². The average Bonchev–Trinajstić information content (AvgIpc) is 2.77. The first-order valence-electron chi connectivity index (χ1n) is 9.79. The largest absolute Gasteiger partial charge is 0.497 e. The predicted molar refractivity (Wildman–Crippen MR) is 131 cm³/mol. The summed E-state index contributed by atoms with van der Waals surface area (Å²) in [6, 6.07) is 19.1. The molecule has 0 saturated carbocycles. The summed E-state index contributed by atoms with van der Waals surface area (Å²) in [5, 5.41) is 5.30. The molecule has 0 aliphatic rings. The van der Waals surface area contributed by atoms with E-state index < -0.39 is 22.5 Å². The molecule has 33 heavy (non-hydrogen) atoms. The number of carbonyl (C=O) groups is 2. The number of amides is 2. The normalized spacial score (nSPS) is 10.9. The van der Waals surface area contributed by atoms with Crippen molar-refractivity contribution < 1.29 is 22.7 Å². The molecular formula is C23H22BrN3O5S. The van der Waals surface area contributed by atoms with E-state index in [9.17, 15) is 18.0 Å². The van der Waals surface area contributed by atoms with E-state index in [1.165, 1.54) is 38.3 Å². The van der Waals surface area contributed by atoms with Gasteiger partial charge in [0.2, 0.25) is 11.8 Å². The minimum absolute atomic E-state index is 0.0253. The van der Waals surface area contributed by atoms with Gasteiger partial charge in [-0.05, 0) is 66.7 Å². The fourth-order valence-electron chi connectivity index (χ4n) is 3.00. The third-order valence-corrected chi connectivity index (χ3v) is 6.80. The average molecular weight is 532 g/mol. The molecule has 172 valence electrons. The van der Waals surface area contributed by atoms with Crippen LogP contribution in [0.5, 0.6) is 5.75 Å². The van der Waals surface area contributed by atoms with Gasteiger partial charge in [-0.2, -0.15) is 0 Å². The van der Waals surface area contributed by atoms with Crippen molar-refractivity contribution in [2.45, 2.75) is 11.8 Å². The van der Waals surface area contributed by atoms with Gasteiger partial charge in [0, 0.05) is 22.8 Å². The first kappa shape index (κ1) is 24.3. The third kappa shape index (κ3) is 6.33. The smallest absolute Gasteiger partial charge is 0.264 e. The Labute approximate surface area is 200 Å². The summed E-state index contributed by atoms with van der Waals surface area (Å²) >= 11 is 3.34. The standard InChI is InChI=1S/C23H22BrN3O5S/c1-16(28)25-18-6-12-22(13-7-18)33(30,31)27(20-8-10-21(32-2)11-9-20)15-23(29)26-19-5-3-4-17(24)14-19/h3-14H,15H2,1-2H3,(H,25,28)(H,26,29). The van der Waals surface area contributed by atoms with Crippen LogP contribution in [-0.4, -0.2) is 33.9 Å². The molecule has 2 N–H and O–H groups in total. The van der Waals surface area contributed by atoms with Gasteiger partial charge in [0.25, 0.3) is 10.0 Å². The number of benzene rings is 3. The van der Waals surface area contributed by atoms with Crippen molar-refractivity contribution in [3.05, 3.63) is 77.3 Å². The number of halogens is 1. The van der Waals surface area contributed by atoms with Crippen molar-refractivity contribution in [1.29, 1.82) is 0 Å². The van der Waals surface area contributed by atoms with Crippen molar-refractivity contribution in [2.75, 3.05) is 28.6 Å². The molecule has 8 nitrogen and oxygen atoms in total. The van der Waals surface area contributed by atoms with Crippen LogP contribution >= 0.6 is 15.9 Å². The highest BCUT2D eigenvalue weighted by Crippen LogP contribution is 2.27. The fraction of sp³-hybridized carbons (Fsp3) is 0.130. The van der Waals surface area contributed by atoms with Crippen LogP contribution in [0.4, 0.5) is 17.1 Å². The molecule has 0 spiro atoms. The molecule has 0 unspecified atom stereocenters. The van der Waals surface area contributed by atoms with Crippen LogP contribution in [0.1, 0.15) is 6.92 Å². The molecule has 0 radical (unpaired) electrons. The molecule has 0 saturated heterocycles. The first-order valence-corrected chi connectivity index (χ1v) is 12.0. The van der Waals surface area contributed by atoms with Gasteiger partial charge in [-0.1, -0.05) is 22.0 Å². The SMILES string of the molecule is COc1ccc(N(CC(=O)Nc2cccc(Br)c2)S(=O)(=O)c2ccc(NC(C)=O)cc2)cc1. The Morgan fingerprint density at radius 2 is 1.61 bits per heavy atom. The van der Waals surface area contributed by atoms with Crippen LogP contribution in [-0.2, 0) is 19.6 Å². The summed E-state index contributed by atoms with van der Waals surface area (Å²) in [7, 11) is -2.60. The zero-order valence-corrected chi connectivity index (χ0v) is 20.3. The Morgan fingerprint density at radius 1 is 0.939 bits per heavy atom. The zero-order chi connectivity index (χ0) is 24.0. The highest BCUT2D eigenvalue weighted by molar-refractivity contribution is 9.10. The maximum absolute atomic E-state index is 13.5. The number of sulfonamides is 1. The maximum atomic E-state index is 13.5. The number of ether oxygens (including phenoxy) is 1. The van der Waals surface area contributed by atoms with Crippen molar-refractivity contribution in [1.82, 2.24) is 0 Å². The minimum Gasteiger partial charge on any atom is -0.497 e. The molecule has 0 bridgehead atoms.